The van der Waals surface area contributed by atoms with Crippen molar-refractivity contribution in [1.82, 2.24) is 0 Å². The van der Waals surface area contributed by atoms with Crippen LogP contribution in [-0.2, 0) is 6.42 Å². The number of aryl methyl sites for hydroxylation is 3. The van der Waals surface area contributed by atoms with E-state index in [-0.39, 0.29) is 5.91 Å². The third-order valence-electron chi connectivity index (χ3n) is 3.54. The minimum atomic E-state index is -0.116. The second-order valence-corrected chi connectivity index (χ2v) is 5.44. The van der Waals surface area contributed by atoms with Crippen molar-refractivity contribution >= 4 is 11.6 Å². The molecule has 0 aliphatic heterocycles. The molecule has 3 nitrogen and oxygen atoms in total. The zero-order chi connectivity index (χ0) is 15.2. The quantitative estimate of drug-likeness (QED) is 0.768. The van der Waals surface area contributed by atoms with Crippen molar-refractivity contribution in [2.45, 2.75) is 46.5 Å². The van der Waals surface area contributed by atoms with Gasteiger partial charge in [-0.1, -0.05) is 31.9 Å². The van der Waals surface area contributed by atoms with Crippen LogP contribution in [0.3, 0.4) is 0 Å². The molecule has 0 unspecified atom stereocenters. The minimum Gasteiger partial charge on any atom is -0.466 e. The van der Waals surface area contributed by atoms with E-state index >= 15 is 0 Å². The van der Waals surface area contributed by atoms with Gasteiger partial charge in [-0.2, -0.15) is 0 Å². The summed E-state index contributed by atoms with van der Waals surface area (Å²) in [5, 5.41) is 2.94. The molecule has 0 spiro atoms. The highest BCUT2D eigenvalue weighted by Crippen LogP contribution is 2.18. The molecule has 0 bridgehead atoms. The van der Waals surface area contributed by atoms with Crippen LogP contribution in [0.15, 0.2) is 34.7 Å². The largest absolute Gasteiger partial charge is 0.466 e. The highest BCUT2D eigenvalue weighted by atomic mass is 16.3. The van der Waals surface area contributed by atoms with Gasteiger partial charge in [-0.15, -0.1) is 0 Å². The highest BCUT2D eigenvalue weighted by Gasteiger charge is 2.13. The maximum Gasteiger partial charge on any atom is 0.259 e. The third-order valence-corrected chi connectivity index (χ3v) is 3.54. The number of nitrogens with one attached hydrogen (secondary N) is 1. The summed E-state index contributed by atoms with van der Waals surface area (Å²) in [5.41, 5.74) is 2.71. The summed E-state index contributed by atoms with van der Waals surface area (Å²) < 4.78 is 5.40. The third kappa shape index (κ3) is 4.22. The smallest absolute Gasteiger partial charge is 0.259 e. The zero-order valence-electron chi connectivity index (χ0n) is 13.0. The van der Waals surface area contributed by atoms with E-state index in [0.29, 0.717) is 11.3 Å². The van der Waals surface area contributed by atoms with Crippen molar-refractivity contribution in [1.29, 1.82) is 0 Å². The maximum absolute atomic E-state index is 12.2. The summed E-state index contributed by atoms with van der Waals surface area (Å²) in [6.07, 6.45) is 4.70. The van der Waals surface area contributed by atoms with Gasteiger partial charge in [0.15, 0.2) is 0 Å². The lowest BCUT2D eigenvalue weighted by molar-refractivity contribution is 0.102. The lowest BCUT2D eigenvalue weighted by atomic mass is 10.1. The van der Waals surface area contributed by atoms with Gasteiger partial charge in [0, 0.05) is 5.69 Å². The number of unbranched alkanes of at least 4 members (excludes halogenated alkanes) is 2. The summed E-state index contributed by atoms with van der Waals surface area (Å²) in [5.74, 6) is 1.30. The molecule has 0 atom stereocenters. The maximum atomic E-state index is 12.2. The van der Waals surface area contributed by atoms with Crippen LogP contribution in [0.1, 0.15) is 53.6 Å². The Kier molecular flexibility index (Phi) is 5.20. The lowest BCUT2D eigenvalue weighted by Crippen LogP contribution is -2.12. The minimum absolute atomic E-state index is 0.116. The standard InChI is InChI=1S/C18H23NO2/c1-4-5-6-8-15-9-7-10-16(12-15)19-18(20)17-11-13(2)21-14(17)3/h7,9-12H,4-6,8H2,1-3H3,(H,19,20). The van der Waals surface area contributed by atoms with Gasteiger partial charge in [0.2, 0.25) is 0 Å². The van der Waals surface area contributed by atoms with Gasteiger partial charge in [0.1, 0.15) is 11.5 Å². The second kappa shape index (κ2) is 7.11. The van der Waals surface area contributed by atoms with Gasteiger partial charge in [-0.25, -0.2) is 0 Å². The molecule has 2 rings (SSSR count). The number of carbonyl (C=O) groups is 1. The van der Waals surface area contributed by atoms with E-state index in [2.05, 4.69) is 24.4 Å². The van der Waals surface area contributed by atoms with Gasteiger partial charge in [-0.05, 0) is 50.5 Å². The molecule has 1 amide bonds. The predicted octanol–water partition coefficient (Wildman–Crippen LogP) is 4.88. The second-order valence-electron chi connectivity index (χ2n) is 5.44. The van der Waals surface area contributed by atoms with Crippen molar-refractivity contribution in [3.8, 4) is 0 Å². The molecule has 1 aromatic heterocycles. The summed E-state index contributed by atoms with van der Waals surface area (Å²) in [4.78, 5) is 12.2. The molecular weight excluding hydrogens is 262 g/mol. The van der Waals surface area contributed by atoms with E-state index in [9.17, 15) is 4.79 Å². The van der Waals surface area contributed by atoms with E-state index in [0.717, 1.165) is 17.9 Å². The number of amides is 1. The molecule has 0 radical (unpaired) electrons. The van der Waals surface area contributed by atoms with Crippen LogP contribution in [0, 0.1) is 13.8 Å². The van der Waals surface area contributed by atoms with Crippen LogP contribution >= 0.6 is 0 Å². The molecule has 21 heavy (non-hydrogen) atoms. The number of hydrogen-bond acceptors (Lipinski definition) is 2. The number of anilines is 1. The molecule has 0 aliphatic carbocycles. The fourth-order valence-electron chi connectivity index (χ4n) is 2.44. The summed E-state index contributed by atoms with van der Waals surface area (Å²) in [6.45, 7) is 5.85. The number of carbonyl (C=O) groups excluding carboxylic acids is 1. The Labute approximate surface area is 126 Å². The molecule has 112 valence electrons. The predicted molar refractivity (Wildman–Crippen MR) is 85.8 cm³/mol. The average molecular weight is 285 g/mol. The van der Waals surface area contributed by atoms with E-state index in [4.69, 9.17) is 4.42 Å². The monoisotopic (exact) mass is 285 g/mol. The van der Waals surface area contributed by atoms with E-state index in [1.54, 1.807) is 6.07 Å². The number of benzene rings is 1. The van der Waals surface area contributed by atoms with Crippen molar-refractivity contribution in [2.24, 2.45) is 0 Å². The molecule has 3 heteroatoms. The number of furan rings is 1. The van der Waals surface area contributed by atoms with Crippen LogP contribution in [0.5, 0.6) is 0 Å². The van der Waals surface area contributed by atoms with Crippen molar-refractivity contribution in [3.05, 3.63) is 53.0 Å². The Hall–Kier alpha value is -2.03. The van der Waals surface area contributed by atoms with Crippen LogP contribution in [0.4, 0.5) is 5.69 Å². The Bertz CT molecular complexity index is 613. The SMILES string of the molecule is CCCCCc1cccc(NC(=O)c2cc(C)oc2C)c1. The van der Waals surface area contributed by atoms with E-state index in [1.165, 1.54) is 24.8 Å². The normalized spacial score (nSPS) is 10.6. The summed E-state index contributed by atoms with van der Waals surface area (Å²) in [6, 6.07) is 9.85. The molecule has 2 aromatic rings. The fourth-order valence-corrected chi connectivity index (χ4v) is 2.44. The molecule has 1 N–H and O–H groups in total. The van der Waals surface area contributed by atoms with Gasteiger partial charge in [0.05, 0.1) is 5.56 Å². The Morgan fingerprint density at radius 2 is 2.00 bits per heavy atom. The first kappa shape index (κ1) is 15.4. The van der Waals surface area contributed by atoms with Gasteiger partial charge < -0.3 is 9.73 Å². The highest BCUT2D eigenvalue weighted by molar-refractivity contribution is 6.05. The lowest BCUT2D eigenvalue weighted by Gasteiger charge is -2.07. The summed E-state index contributed by atoms with van der Waals surface area (Å²) >= 11 is 0. The average Bonchev–Trinajstić information content (AvgIpc) is 2.78. The fraction of sp³-hybridized carbons (Fsp3) is 0.389. The topological polar surface area (TPSA) is 42.2 Å². The van der Waals surface area contributed by atoms with Crippen molar-refractivity contribution < 1.29 is 9.21 Å². The zero-order valence-corrected chi connectivity index (χ0v) is 13.0. The van der Waals surface area contributed by atoms with Crippen LogP contribution in [-0.4, -0.2) is 5.91 Å². The molecule has 0 aliphatic rings. The van der Waals surface area contributed by atoms with Crippen LogP contribution < -0.4 is 5.32 Å². The van der Waals surface area contributed by atoms with Crippen LogP contribution in [0.25, 0.3) is 0 Å². The Balaban J connectivity index is 2.04. The number of hydrogen-bond donors (Lipinski definition) is 1. The molecule has 0 saturated carbocycles. The first-order valence-corrected chi connectivity index (χ1v) is 7.57. The van der Waals surface area contributed by atoms with Gasteiger partial charge >= 0.3 is 0 Å². The van der Waals surface area contributed by atoms with E-state index < -0.39 is 0 Å². The summed E-state index contributed by atoms with van der Waals surface area (Å²) in [7, 11) is 0. The molecule has 1 aromatic carbocycles. The number of rotatable bonds is 6. The van der Waals surface area contributed by atoms with Crippen molar-refractivity contribution in [3.63, 3.8) is 0 Å². The molecule has 0 saturated heterocycles. The molecule has 0 fully saturated rings. The Morgan fingerprint density at radius 3 is 2.67 bits per heavy atom. The van der Waals surface area contributed by atoms with Gasteiger partial charge in [-0.3, -0.25) is 4.79 Å². The van der Waals surface area contributed by atoms with Crippen molar-refractivity contribution in [2.75, 3.05) is 5.32 Å². The van der Waals surface area contributed by atoms with Gasteiger partial charge in [0.25, 0.3) is 5.91 Å². The van der Waals surface area contributed by atoms with Crippen LogP contribution in [0.2, 0.25) is 0 Å². The molecular formula is C18H23NO2. The Morgan fingerprint density at radius 1 is 1.19 bits per heavy atom. The molecule has 1 heterocycles. The first-order valence-electron chi connectivity index (χ1n) is 7.57. The van der Waals surface area contributed by atoms with E-state index in [1.807, 2.05) is 26.0 Å². The first-order chi connectivity index (χ1) is 10.1.